The second kappa shape index (κ2) is 4.53. The zero-order valence-corrected chi connectivity index (χ0v) is 11.5. The maximum Gasteiger partial charge on any atom is 0.0680 e. The number of hydrogen-bond donors (Lipinski definition) is 0. The van der Waals surface area contributed by atoms with Crippen molar-refractivity contribution in [2.45, 2.75) is 33.6 Å². The molecule has 2 rings (SSSR count). The van der Waals surface area contributed by atoms with Crippen LogP contribution in [0.4, 0.5) is 0 Å². The Morgan fingerprint density at radius 3 is 2.47 bits per heavy atom. The standard InChI is InChI=1S/C14H17ClN2/c1-9-6-5-7-14(10(9)2)17-12(4)13(8-15)11(3)16-17/h5-7H,8H2,1-4H3. The van der Waals surface area contributed by atoms with Gasteiger partial charge in [-0.05, 0) is 44.9 Å². The molecular formula is C14H17ClN2. The maximum absolute atomic E-state index is 5.96. The zero-order valence-electron chi connectivity index (χ0n) is 10.7. The first kappa shape index (κ1) is 12.2. The number of hydrogen-bond acceptors (Lipinski definition) is 1. The Morgan fingerprint density at radius 1 is 1.18 bits per heavy atom. The van der Waals surface area contributed by atoms with Gasteiger partial charge in [-0.2, -0.15) is 5.10 Å². The highest BCUT2D eigenvalue weighted by atomic mass is 35.5. The first-order valence-electron chi connectivity index (χ1n) is 5.74. The Hall–Kier alpha value is -1.28. The second-order valence-electron chi connectivity index (χ2n) is 4.41. The summed E-state index contributed by atoms with van der Waals surface area (Å²) >= 11 is 5.96. The van der Waals surface area contributed by atoms with Crippen LogP contribution in [0.1, 0.15) is 28.1 Å². The van der Waals surface area contributed by atoms with E-state index in [1.165, 1.54) is 11.1 Å². The van der Waals surface area contributed by atoms with Gasteiger partial charge < -0.3 is 0 Å². The molecule has 0 saturated carbocycles. The van der Waals surface area contributed by atoms with Gasteiger partial charge in [-0.15, -0.1) is 11.6 Å². The second-order valence-corrected chi connectivity index (χ2v) is 4.68. The minimum atomic E-state index is 0.516. The molecule has 0 radical (unpaired) electrons. The minimum absolute atomic E-state index is 0.516. The summed E-state index contributed by atoms with van der Waals surface area (Å²) in [6.07, 6.45) is 0. The van der Waals surface area contributed by atoms with Gasteiger partial charge in [0.2, 0.25) is 0 Å². The Balaban J connectivity index is 2.65. The van der Waals surface area contributed by atoms with Crippen molar-refractivity contribution in [3.8, 4) is 5.69 Å². The van der Waals surface area contributed by atoms with Crippen LogP contribution in [-0.4, -0.2) is 9.78 Å². The third-order valence-electron chi connectivity index (χ3n) is 3.38. The number of alkyl halides is 1. The van der Waals surface area contributed by atoms with Crippen molar-refractivity contribution in [1.82, 2.24) is 9.78 Å². The van der Waals surface area contributed by atoms with Crippen LogP contribution >= 0.6 is 11.6 Å². The first-order chi connectivity index (χ1) is 8.06. The van der Waals surface area contributed by atoms with Crippen molar-refractivity contribution in [1.29, 1.82) is 0 Å². The van der Waals surface area contributed by atoms with E-state index < -0.39 is 0 Å². The van der Waals surface area contributed by atoms with E-state index in [-0.39, 0.29) is 0 Å². The molecule has 0 unspecified atom stereocenters. The van der Waals surface area contributed by atoms with Crippen LogP contribution in [0.5, 0.6) is 0 Å². The van der Waals surface area contributed by atoms with Crippen molar-refractivity contribution in [3.63, 3.8) is 0 Å². The van der Waals surface area contributed by atoms with E-state index in [1.807, 2.05) is 11.6 Å². The number of aryl methyl sites for hydroxylation is 2. The quantitative estimate of drug-likeness (QED) is 0.739. The third kappa shape index (κ3) is 1.98. The number of rotatable bonds is 2. The van der Waals surface area contributed by atoms with Crippen molar-refractivity contribution in [2.75, 3.05) is 0 Å². The number of benzene rings is 1. The number of nitrogens with zero attached hydrogens (tertiary/aromatic N) is 2. The fourth-order valence-electron chi connectivity index (χ4n) is 2.07. The highest BCUT2D eigenvalue weighted by Gasteiger charge is 2.13. The lowest BCUT2D eigenvalue weighted by Gasteiger charge is -2.10. The lowest BCUT2D eigenvalue weighted by atomic mass is 10.1. The minimum Gasteiger partial charge on any atom is -0.237 e. The van der Waals surface area contributed by atoms with Gasteiger partial charge in [0.25, 0.3) is 0 Å². The summed E-state index contributed by atoms with van der Waals surface area (Å²) in [6, 6.07) is 6.28. The largest absolute Gasteiger partial charge is 0.237 e. The molecule has 0 saturated heterocycles. The van der Waals surface area contributed by atoms with E-state index >= 15 is 0 Å². The molecule has 1 aromatic carbocycles. The van der Waals surface area contributed by atoms with Crippen LogP contribution in [0.25, 0.3) is 5.69 Å². The van der Waals surface area contributed by atoms with E-state index in [4.69, 9.17) is 11.6 Å². The van der Waals surface area contributed by atoms with E-state index in [9.17, 15) is 0 Å². The van der Waals surface area contributed by atoms with Gasteiger partial charge in [-0.25, -0.2) is 4.68 Å². The average molecular weight is 249 g/mol. The molecule has 90 valence electrons. The van der Waals surface area contributed by atoms with E-state index in [0.717, 1.165) is 22.6 Å². The molecule has 1 aromatic heterocycles. The molecule has 0 fully saturated rings. The van der Waals surface area contributed by atoms with Gasteiger partial charge in [0.05, 0.1) is 17.3 Å². The van der Waals surface area contributed by atoms with Crippen molar-refractivity contribution in [3.05, 3.63) is 46.3 Å². The van der Waals surface area contributed by atoms with Gasteiger partial charge >= 0.3 is 0 Å². The fourth-order valence-corrected chi connectivity index (χ4v) is 2.45. The topological polar surface area (TPSA) is 17.8 Å². The normalized spacial score (nSPS) is 10.9. The summed E-state index contributed by atoms with van der Waals surface area (Å²) in [5.74, 6) is 0.516. The predicted octanol–water partition coefficient (Wildman–Crippen LogP) is 3.84. The van der Waals surface area contributed by atoms with Gasteiger partial charge in [0, 0.05) is 11.3 Å². The number of aromatic nitrogens is 2. The Bertz CT molecular complexity index is 556. The van der Waals surface area contributed by atoms with E-state index in [0.29, 0.717) is 5.88 Å². The Labute approximate surface area is 107 Å². The number of halogens is 1. The summed E-state index contributed by atoms with van der Waals surface area (Å²) < 4.78 is 2.00. The highest BCUT2D eigenvalue weighted by molar-refractivity contribution is 6.17. The molecule has 2 nitrogen and oxygen atoms in total. The maximum atomic E-state index is 5.96. The molecule has 17 heavy (non-hydrogen) atoms. The SMILES string of the molecule is Cc1cccc(-n2nc(C)c(CCl)c2C)c1C. The van der Waals surface area contributed by atoms with Crippen LogP contribution in [0.3, 0.4) is 0 Å². The highest BCUT2D eigenvalue weighted by Crippen LogP contribution is 2.23. The summed E-state index contributed by atoms with van der Waals surface area (Å²) in [4.78, 5) is 0. The Morgan fingerprint density at radius 2 is 1.88 bits per heavy atom. The average Bonchev–Trinajstić information content (AvgIpc) is 2.58. The van der Waals surface area contributed by atoms with Gasteiger partial charge in [-0.3, -0.25) is 0 Å². The zero-order chi connectivity index (χ0) is 12.6. The van der Waals surface area contributed by atoms with Gasteiger partial charge in [-0.1, -0.05) is 12.1 Å². The van der Waals surface area contributed by atoms with Gasteiger partial charge in [0.15, 0.2) is 0 Å². The smallest absolute Gasteiger partial charge is 0.0680 e. The summed E-state index contributed by atoms with van der Waals surface area (Å²) in [6.45, 7) is 8.32. The van der Waals surface area contributed by atoms with Crippen molar-refractivity contribution < 1.29 is 0 Å². The molecule has 0 aliphatic carbocycles. The molecule has 0 amide bonds. The Kier molecular flexibility index (Phi) is 3.25. The fraction of sp³-hybridized carbons (Fsp3) is 0.357. The van der Waals surface area contributed by atoms with Crippen LogP contribution in [0.15, 0.2) is 18.2 Å². The molecule has 0 spiro atoms. The molecule has 3 heteroatoms. The lowest BCUT2D eigenvalue weighted by Crippen LogP contribution is -2.02. The molecule has 0 bridgehead atoms. The molecule has 0 N–H and O–H groups in total. The van der Waals surface area contributed by atoms with E-state index in [1.54, 1.807) is 0 Å². The monoisotopic (exact) mass is 248 g/mol. The summed E-state index contributed by atoms with van der Waals surface area (Å²) in [5.41, 5.74) is 6.96. The summed E-state index contributed by atoms with van der Waals surface area (Å²) in [5, 5.41) is 4.59. The van der Waals surface area contributed by atoms with Gasteiger partial charge in [0.1, 0.15) is 0 Å². The first-order valence-corrected chi connectivity index (χ1v) is 6.27. The molecule has 1 heterocycles. The summed E-state index contributed by atoms with van der Waals surface area (Å²) in [7, 11) is 0. The van der Waals surface area contributed by atoms with Crippen LogP contribution in [-0.2, 0) is 5.88 Å². The van der Waals surface area contributed by atoms with Crippen molar-refractivity contribution in [2.24, 2.45) is 0 Å². The molecule has 0 aliphatic heterocycles. The molecule has 2 aromatic rings. The van der Waals surface area contributed by atoms with Crippen molar-refractivity contribution >= 4 is 11.6 Å². The van der Waals surface area contributed by atoms with Crippen LogP contribution in [0, 0.1) is 27.7 Å². The lowest BCUT2D eigenvalue weighted by molar-refractivity contribution is 0.825. The van der Waals surface area contributed by atoms with Crippen LogP contribution < -0.4 is 0 Å². The van der Waals surface area contributed by atoms with Crippen LogP contribution in [0.2, 0.25) is 0 Å². The molecule has 0 aliphatic rings. The molecule has 0 atom stereocenters. The van der Waals surface area contributed by atoms with E-state index in [2.05, 4.69) is 44.1 Å². The predicted molar refractivity (Wildman–Crippen MR) is 72.1 cm³/mol. The third-order valence-corrected chi connectivity index (χ3v) is 3.65. The molecular weight excluding hydrogens is 232 g/mol.